The maximum absolute atomic E-state index is 13.6. The van der Waals surface area contributed by atoms with Gasteiger partial charge < -0.3 is 0 Å². The standard InChI is InChI=1S/C31H26N4OS/c1-23-17-19-24(20-18-23)28-21-22-31(34(32-28)26-13-7-3-8-14-26)35(27-15-9-4-10-16-27)33-30(37-31)29(36)25-11-5-2-6-12-25/h2-20H,21-22H2,1H3. The summed E-state index contributed by atoms with van der Waals surface area (Å²) in [5.41, 5.74) is 5.84. The van der Waals surface area contributed by atoms with E-state index in [-0.39, 0.29) is 5.78 Å². The van der Waals surface area contributed by atoms with Crippen LogP contribution in [0.25, 0.3) is 0 Å². The van der Waals surface area contributed by atoms with Crippen LogP contribution < -0.4 is 10.0 Å². The molecule has 2 aliphatic heterocycles. The van der Waals surface area contributed by atoms with E-state index in [1.807, 2.05) is 83.9 Å². The highest BCUT2D eigenvalue weighted by atomic mass is 32.2. The molecular weight excluding hydrogens is 476 g/mol. The Morgan fingerprint density at radius 1 is 0.730 bits per heavy atom. The Labute approximate surface area is 221 Å². The molecular formula is C31H26N4OS. The molecule has 2 aliphatic rings. The highest BCUT2D eigenvalue weighted by Gasteiger charge is 2.53. The van der Waals surface area contributed by atoms with Crippen LogP contribution in [0.3, 0.4) is 0 Å². The van der Waals surface area contributed by atoms with Crippen LogP contribution in [-0.2, 0) is 0 Å². The van der Waals surface area contributed by atoms with Gasteiger partial charge >= 0.3 is 0 Å². The first-order valence-corrected chi connectivity index (χ1v) is 13.2. The van der Waals surface area contributed by atoms with Crippen LogP contribution in [0.5, 0.6) is 0 Å². The summed E-state index contributed by atoms with van der Waals surface area (Å²) in [5, 5.41) is 14.7. The van der Waals surface area contributed by atoms with Crippen molar-refractivity contribution in [2.45, 2.75) is 24.8 Å². The first-order chi connectivity index (χ1) is 18.1. The predicted molar refractivity (Wildman–Crippen MR) is 153 cm³/mol. The number of carbonyl (C=O) groups is 1. The minimum absolute atomic E-state index is 0.0790. The zero-order valence-corrected chi connectivity index (χ0v) is 21.3. The van der Waals surface area contributed by atoms with Gasteiger partial charge in [0.25, 0.3) is 0 Å². The Hall–Kier alpha value is -4.16. The molecule has 4 aromatic rings. The molecule has 0 N–H and O–H groups in total. The molecule has 0 saturated carbocycles. The maximum Gasteiger partial charge on any atom is 0.219 e. The number of aryl methyl sites for hydroxylation is 1. The van der Waals surface area contributed by atoms with Crippen LogP contribution >= 0.6 is 11.8 Å². The summed E-state index contributed by atoms with van der Waals surface area (Å²) < 4.78 is 0. The van der Waals surface area contributed by atoms with Crippen molar-refractivity contribution < 1.29 is 4.79 Å². The van der Waals surface area contributed by atoms with Gasteiger partial charge in [0, 0.05) is 12.0 Å². The normalized spacial score (nSPS) is 19.1. The van der Waals surface area contributed by atoms with E-state index in [0.29, 0.717) is 10.6 Å². The van der Waals surface area contributed by atoms with E-state index < -0.39 is 4.99 Å². The summed E-state index contributed by atoms with van der Waals surface area (Å²) in [4.78, 5) is 12.9. The molecule has 6 heteroatoms. The first kappa shape index (κ1) is 23.3. The smallest absolute Gasteiger partial charge is 0.219 e. The van der Waals surface area contributed by atoms with Crippen molar-refractivity contribution in [2.24, 2.45) is 10.2 Å². The molecule has 0 aliphatic carbocycles. The summed E-state index contributed by atoms with van der Waals surface area (Å²) in [6, 6.07) is 38.1. The minimum atomic E-state index is -0.726. The molecule has 1 spiro atoms. The highest BCUT2D eigenvalue weighted by molar-refractivity contribution is 8.17. The molecule has 0 fully saturated rings. The van der Waals surface area contributed by atoms with Crippen molar-refractivity contribution in [2.75, 3.05) is 10.0 Å². The van der Waals surface area contributed by atoms with Gasteiger partial charge in [-0.25, -0.2) is 10.0 Å². The second-order valence-corrected chi connectivity index (χ2v) is 10.4. The first-order valence-electron chi connectivity index (χ1n) is 12.4. The number of rotatable bonds is 5. The zero-order chi connectivity index (χ0) is 25.2. The second kappa shape index (κ2) is 9.71. The molecule has 1 atom stereocenters. The van der Waals surface area contributed by atoms with Gasteiger partial charge in [0.05, 0.1) is 17.1 Å². The van der Waals surface area contributed by atoms with E-state index in [1.54, 1.807) is 0 Å². The summed E-state index contributed by atoms with van der Waals surface area (Å²) in [6.45, 7) is 2.09. The van der Waals surface area contributed by atoms with E-state index in [4.69, 9.17) is 10.2 Å². The van der Waals surface area contributed by atoms with E-state index in [2.05, 4.69) is 48.3 Å². The van der Waals surface area contributed by atoms with E-state index in [0.717, 1.165) is 35.5 Å². The Kier molecular flexibility index (Phi) is 6.10. The molecule has 6 rings (SSSR count). The topological polar surface area (TPSA) is 48.3 Å². The molecule has 4 aromatic carbocycles. The number of para-hydroxylation sites is 2. The summed E-state index contributed by atoms with van der Waals surface area (Å²) in [6.07, 6.45) is 1.48. The van der Waals surface area contributed by atoms with E-state index in [9.17, 15) is 4.79 Å². The lowest BCUT2D eigenvalue weighted by molar-refractivity contribution is 0.106. The number of thioether (sulfide) groups is 1. The molecule has 0 radical (unpaired) electrons. The SMILES string of the molecule is Cc1ccc(C2=NN(c3ccccc3)C3(CC2)SC(C(=O)c2ccccc2)=NN3c2ccccc2)cc1. The highest BCUT2D eigenvalue weighted by Crippen LogP contribution is 2.50. The zero-order valence-electron chi connectivity index (χ0n) is 20.5. The lowest BCUT2D eigenvalue weighted by Gasteiger charge is -2.46. The van der Waals surface area contributed by atoms with Crippen LogP contribution in [0.4, 0.5) is 11.4 Å². The van der Waals surface area contributed by atoms with Gasteiger partial charge in [-0.15, -0.1) is 0 Å². The molecule has 0 saturated heterocycles. The van der Waals surface area contributed by atoms with Gasteiger partial charge in [-0.05, 0) is 54.9 Å². The van der Waals surface area contributed by atoms with Crippen molar-refractivity contribution in [3.63, 3.8) is 0 Å². The maximum atomic E-state index is 13.6. The Morgan fingerprint density at radius 3 is 1.86 bits per heavy atom. The van der Waals surface area contributed by atoms with Gasteiger partial charge in [0.15, 0.2) is 5.04 Å². The Balaban J connectivity index is 1.49. The lowest BCUT2D eigenvalue weighted by Crippen LogP contribution is -2.56. The van der Waals surface area contributed by atoms with Crippen molar-refractivity contribution in [3.8, 4) is 0 Å². The Morgan fingerprint density at radius 2 is 1.27 bits per heavy atom. The number of hydrogen-bond donors (Lipinski definition) is 0. The second-order valence-electron chi connectivity index (χ2n) is 9.15. The Bertz CT molecular complexity index is 1470. The van der Waals surface area contributed by atoms with E-state index >= 15 is 0 Å². The van der Waals surface area contributed by atoms with Crippen molar-refractivity contribution in [1.29, 1.82) is 0 Å². The van der Waals surface area contributed by atoms with Crippen molar-refractivity contribution >= 4 is 39.7 Å². The van der Waals surface area contributed by atoms with Gasteiger partial charge in [0.1, 0.15) is 0 Å². The molecule has 182 valence electrons. The molecule has 5 nitrogen and oxygen atoms in total. The number of hydrogen-bond acceptors (Lipinski definition) is 6. The number of benzene rings is 4. The summed E-state index contributed by atoms with van der Waals surface area (Å²) >= 11 is 1.49. The molecule has 0 aromatic heterocycles. The lowest BCUT2D eigenvalue weighted by atomic mass is 10.0. The predicted octanol–water partition coefficient (Wildman–Crippen LogP) is 7.10. The monoisotopic (exact) mass is 502 g/mol. The quantitative estimate of drug-likeness (QED) is 0.273. The number of nitrogens with zero attached hydrogens (tertiary/aromatic N) is 4. The molecule has 0 bridgehead atoms. The number of anilines is 2. The third kappa shape index (κ3) is 4.34. The van der Waals surface area contributed by atoms with Gasteiger partial charge in [0.2, 0.25) is 10.8 Å². The fourth-order valence-corrected chi connectivity index (χ4v) is 6.04. The number of Topliss-reactive ketones (excluding diaryl/α,β-unsaturated/α-hetero) is 1. The molecule has 37 heavy (non-hydrogen) atoms. The largest absolute Gasteiger partial charge is 0.286 e. The van der Waals surface area contributed by atoms with Crippen LogP contribution in [-0.4, -0.2) is 21.5 Å². The fourth-order valence-electron chi connectivity index (χ4n) is 4.72. The minimum Gasteiger partial charge on any atom is -0.286 e. The van der Waals surface area contributed by atoms with Gasteiger partial charge in [-0.1, -0.05) is 96.6 Å². The number of ketones is 1. The molecule has 1 unspecified atom stereocenters. The van der Waals surface area contributed by atoms with Crippen LogP contribution in [0, 0.1) is 6.92 Å². The fraction of sp³-hybridized carbons (Fsp3) is 0.129. The number of hydrazone groups is 2. The van der Waals surface area contributed by atoms with Gasteiger partial charge in [-0.2, -0.15) is 10.2 Å². The number of carbonyl (C=O) groups excluding carboxylic acids is 1. The third-order valence-corrected chi connectivity index (χ3v) is 7.97. The van der Waals surface area contributed by atoms with Crippen LogP contribution in [0.15, 0.2) is 125 Å². The van der Waals surface area contributed by atoms with E-state index in [1.165, 1.54) is 17.3 Å². The third-order valence-electron chi connectivity index (χ3n) is 6.64. The van der Waals surface area contributed by atoms with Crippen molar-refractivity contribution in [1.82, 2.24) is 0 Å². The van der Waals surface area contributed by atoms with Crippen molar-refractivity contribution in [3.05, 3.63) is 132 Å². The summed E-state index contributed by atoms with van der Waals surface area (Å²) in [5.74, 6) is -0.0790. The van der Waals surface area contributed by atoms with Crippen LogP contribution in [0.2, 0.25) is 0 Å². The summed E-state index contributed by atoms with van der Waals surface area (Å²) in [7, 11) is 0. The average Bonchev–Trinajstić information content (AvgIpc) is 3.34. The molecule has 2 heterocycles. The molecule has 0 amide bonds. The van der Waals surface area contributed by atoms with Crippen LogP contribution in [0.1, 0.15) is 34.3 Å². The van der Waals surface area contributed by atoms with Gasteiger partial charge in [-0.3, -0.25) is 4.79 Å². The average molecular weight is 503 g/mol.